The van der Waals surface area contributed by atoms with Gasteiger partial charge in [-0.3, -0.25) is 0 Å². The lowest BCUT2D eigenvalue weighted by atomic mass is 10.0. The Balaban J connectivity index is 2.44. The molecule has 0 fully saturated rings. The maximum Gasteiger partial charge on any atom is 0.238 e. The highest BCUT2D eigenvalue weighted by atomic mass is 32.2. The van der Waals surface area contributed by atoms with Crippen LogP contribution in [0.3, 0.4) is 0 Å². The van der Waals surface area contributed by atoms with Crippen molar-refractivity contribution in [3.63, 3.8) is 0 Å². The van der Waals surface area contributed by atoms with Crippen LogP contribution in [0, 0.1) is 9.85 Å². The number of pyridine rings is 1. The molecule has 0 atom stereocenters. The number of aromatic nitrogens is 1. The summed E-state index contributed by atoms with van der Waals surface area (Å²) in [5, 5.41) is 11.5. The smallest absolute Gasteiger partial charge is 0.238 e. The van der Waals surface area contributed by atoms with Gasteiger partial charge in [0.2, 0.25) is 10.3 Å². The average molecular weight is 276 g/mol. The van der Waals surface area contributed by atoms with Gasteiger partial charge in [0.05, 0.1) is 0 Å². The van der Waals surface area contributed by atoms with E-state index in [0.717, 1.165) is 12.0 Å². The van der Waals surface area contributed by atoms with Gasteiger partial charge in [-0.1, -0.05) is 37.3 Å². The summed E-state index contributed by atoms with van der Waals surface area (Å²) >= 11 is 0. The van der Waals surface area contributed by atoms with Crippen LogP contribution in [-0.4, -0.2) is 13.1 Å². The van der Waals surface area contributed by atoms with E-state index in [1.54, 1.807) is 12.1 Å². The zero-order valence-corrected chi connectivity index (χ0v) is 11.4. The molecule has 1 aromatic heterocycles. The second kappa shape index (κ2) is 5.75. The zero-order valence-electron chi connectivity index (χ0n) is 10.5. The average Bonchev–Trinajstić information content (AvgIpc) is 2.39. The summed E-state index contributed by atoms with van der Waals surface area (Å²) in [6.07, 6.45) is 2.58. The third-order valence-corrected chi connectivity index (χ3v) is 3.74. The molecule has 0 radical (unpaired) electrons. The highest BCUT2D eigenvalue weighted by Gasteiger charge is 2.01. The van der Waals surface area contributed by atoms with Gasteiger partial charge in [0.25, 0.3) is 0 Å². The first-order chi connectivity index (χ1) is 9.11. The summed E-state index contributed by atoms with van der Waals surface area (Å²) in [4.78, 5) is 0. The molecule has 4 nitrogen and oxygen atoms in total. The molecule has 0 bridgehead atoms. The van der Waals surface area contributed by atoms with Crippen molar-refractivity contribution < 1.29 is 8.42 Å². The number of nitrogens with zero attached hydrogens (tertiary/aromatic N) is 1. The molecular formula is C14H14NO3S-. The van der Waals surface area contributed by atoms with Gasteiger partial charge >= 0.3 is 0 Å². The molecule has 2 rings (SSSR count). The van der Waals surface area contributed by atoms with E-state index in [1.165, 1.54) is 11.8 Å². The molecule has 1 heterocycles. The summed E-state index contributed by atoms with van der Waals surface area (Å²) in [5.74, 6) is 0. The Bertz CT molecular complexity index is 735. The SMILES string of the molecule is CCc1ccc(Cc2cccn([O-])c2=S(=O)=O)cc1. The molecular weight excluding hydrogens is 262 g/mol. The quantitative estimate of drug-likeness (QED) is 0.809. The van der Waals surface area contributed by atoms with E-state index in [-0.39, 0.29) is 4.64 Å². The fourth-order valence-electron chi connectivity index (χ4n) is 1.95. The lowest BCUT2D eigenvalue weighted by molar-refractivity contribution is 0.623. The molecule has 0 aliphatic carbocycles. The molecule has 0 aliphatic rings. The second-order valence-corrected chi connectivity index (χ2v) is 5.10. The van der Waals surface area contributed by atoms with E-state index in [9.17, 15) is 13.6 Å². The summed E-state index contributed by atoms with van der Waals surface area (Å²) in [7, 11) is -2.53. The van der Waals surface area contributed by atoms with E-state index in [1.807, 2.05) is 24.3 Å². The maximum absolute atomic E-state index is 11.5. The Labute approximate surface area is 113 Å². The van der Waals surface area contributed by atoms with Crippen LogP contribution in [0.25, 0.3) is 0 Å². The predicted octanol–water partition coefficient (Wildman–Crippen LogP) is 2.40. The van der Waals surface area contributed by atoms with Crippen LogP contribution in [0.15, 0.2) is 42.6 Å². The lowest BCUT2D eigenvalue weighted by Gasteiger charge is -2.12. The Morgan fingerprint density at radius 2 is 1.74 bits per heavy atom. The molecule has 0 saturated carbocycles. The van der Waals surface area contributed by atoms with Crippen LogP contribution in [-0.2, 0) is 23.1 Å². The largest absolute Gasteiger partial charge is 0.805 e. The molecule has 100 valence electrons. The normalized spacial score (nSPS) is 10.4. The van der Waals surface area contributed by atoms with Crippen molar-refractivity contribution in [2.45, 2.75) is 19.8 Å². The van der Waals surface area contributed by atoms with E-state index < -0.39 is 10.3 Å². The van der Waals surface area contributed by atoms with E-state index >= 15 is 0 Å². The predicted molar refractivity (Wildman–Crippen MR) is 74.0 cm³/mol. The van der Waals surface area contributed by atoms with Crippen LogP contribution < -0.4 is 0 Å². The minimum atomic E-state index is -2.53. The first kappa shape index (κ1) is 13.4. The monoisotopic (exact) mass is 276 g/mol. The Morgan fingerprint density at radius 3 is 2.32 bits per heavy atom. The Kier molecular flexibility index (Phi) is 4.06. The zero-order chi connectivity index (χ0) is 13.8. The van der Waals surface area contributed by atoms with E-state index in [4.69, 9.17) is 0 Å². The first-order valence-electron chi connectivity index (χ1n) is 6.00. The summed E-state index contributed by atoms with van der Waals surface area (Å²) in [5.41, 5.74) is 2.72. The number of hydrogen-bond acceptors (Lipinski definition) is 3. The van der Waals surface area contributed by atoms with Crippen molar-refractivity contribution in [1.29, 1.82) is 0 Å². The molecule has 0 N–H and O–H groups in total. The number of aryl methyl sites for hydroxylation is 1. The minimum Gasteiger partial charge on any atom is -0.805 e. The Hall–Kier alpha value is -2.01. The Morgan fingerprint density at radius 1 is 1.11 bits per heavy atom. The van der Waals surface area contributed by atoms with Gasteiger partial charge in [0.1, 0.15) is 0 Å². The van der Waals surface area contributed by atoms with Gasteiger partial charge < -0.3 is 9.94 Å². The van der Waals surface area contributed by atoms with Crippen molar-refractivity contribution in [1.82, 2.24) is 4.73 Å². The van der Waals surface area contributed by atoms with E-state index in [2.05, 4.69) is 6.92 Å². The van der Waals surface area contributed by atoms with Gasteiger partial charge in [0.15, 0.2) is 4.64 Å². The number of hydrogen-bond donors (Lipinski definition) is 0. The van der Waals surface area contributed by atoms with Gasteiger partial charge in [-0.25, -0.2) is 0 Å². The molecule has 19 heavy (non-hydrogen) atoms. The third kappa shape index (κ3) is 3.06. The van der Waals surface area contributed by atoms with Crippen molar-refractivity contribution in [3.05, 3.63) is 69.1 Å². The molecule has 2 aromatic rings. The molecule has 0 unspecified atom stereocenters. The third-order valence-electron chi connectivity index (χ3n) is 2.98. The number of rotatable bonds is 3. The highest BCUT2D eigenvalue weighted by molar-refractivity contribution is 7.63. The van der Waals surface area contributed by atoms with Crippen molar-refractivity contribution in [3.8, 4) is 0 Å². The number of benzene rings is 1. The van der Waals surface area contributed by atoms with Gasteiger partial charge in [-0.15, -0.1) is 0 Å². The van der Waals surface area contributed by atoms with Crippen LogP contribution in [0.4, 0.5) is 0 Å². The van der Waals surface area contributed by atoms with Gasteiger partial charge in [0, 0.05) is 6.42 Å². The lowest BCUT2D eigenvalue weighted by Crippen LogP contribution is -1.99. The van der Waals surface area contributed by atoms with Crippen molar-refractivity contribution >= 4 is 10.3 Å². The van der Waals surface area contributed by atoms with Gasteiger partial charge in [-0.2, -0.15) is 8.42 Å². The fourth-order valence-corrected chi connectivity index (χ4v) is 2.51. The molecule has 0 saturated heterocycles. The molecule has 0 amide bonds. The summed E-state index contributed by atoms with van der Waals surface area (Å²) in [6.45, 7) is 2.07. The summed E-state index contributed by atoms with van der Waals surface area (Å²) in [6, 6.07) is 11.2. The van der Waals surface area contributed by atoms with Crippen molar-refractivity contribution in [2.75, 3.05) is 0 Å². The minimum absolute atomic E-state index is 0.206. The second-order valence-electron chi connectivity index (χ2n) is 4.25. The fraction of sp³-hybridized carbons (Fsp3) is 0.214. The molecule has 0 aliphatic heterocycles. The molecule has 0 spiro atoms. The van der Waals surface area contributed by atoms with Crippen LogP contribution in [0.2, 0.25) is 0 Å². The topological polar surface area (TPSA) is 62.1 Å². The summed E-state index contributed by atoms with van der Waals surface area (Å²) < 4.78 is 22.4. The highest BCUT2D eigenvalue weighted by Crippen LogP contribution is 2.12. The molecule has 1 aromatic carbocycles. The maximum atomic E-state index is 11.5. The standard InChI is InChI=1S/C14H14NO3S/c1-2-11-5-7-12(8-6-11)10-13-4-3-9-15(16)14(13)19(17)18/h3-9H,2,10H2,1H3/q-1. The van der Waals surface area contributed by atoms with E-state index in [0.29, 0.717) is 16.7 Å². The van der Waals surface area contributed by atoms with Crippen LogP contribution in [0.1, 0.15) is 23.6 Å². The first-order valence-corrected chi connectivity index (χ1v) is 7.07. The van der Waals surface area contributed by atoms with Gasteiger partial charge in [-0.05, 0) is 35.4 Å². The van der Waals surface area contributed by atoms with Crippen molar-refractivity contribution in [2.24, 2.45) is 0 Å². The van der Waals surface area contributed by atoms with Crippen LogP contribution >= 0.6 is 0 Å². The van der Waals surface area contributed by atoms with Crippen LogP contribution in [0.5, 0.6) is 0 Å². The molecule has 5 heteroatoms.